The Balaban J connectivity index is 2.07. The van der Waals surface area contributed by atoms with Gasteiger partial charge in [-0.25, -0.2) is 4.79 Å². The molecule has 4 nitrogen and oxygen atoms in total. The molecule has 0 aliphatic heterocycles. The lowest BCUT2D eigenvalue weighted by Crippen LogP contribution is -2.42. The fourth-order valence-corrected chi connectivity index (χ4v) is 3.81. The van der Waals surface area contributed by atoms with Crippen LogP contribution in [0.5, 0.6) is 0 Å². The number of hydrogen-bond acceptors (Lipinski definition) is 4. The number of nitrogens with two attached hydrogens (primary N) is 1. The number of ether oxygens (including phenoxy) is 2. The smallest absolute Gasteiger partial charge is 0.336 e. The Labute approximate surface area is 109 Å². The van der Waals surface area contributed by atoms with Crippen molar-refractivity contribution in [2.45, 2.75) is 52.2 Å². The number of fused-ring (bicyclic) bond motifs is 2. The summed E-state index contributed by atoms with van der Waals surface area (Å²) in [5.74, 6) is 0.355. The molecule has 2 saturated carbocycles. The second kappa shape index (κ2) is 4.49. The Kier molecular flexibility index (Phi) is 3.45. The summed E-state index contributed by atoms with van der Waals surface area (Å²) < 4.78 is 10.7. The highest BCUT2D eigenvalue weighted by atomic mass is 16.6. The minimum Gasteiger partial charge on any atom is -0.460 e. The van der Waals surface area contributed by atoms with Gasteiger partial charge in [-0.05, 0) is 30.6 Å². The highest BCUT2D eigenvalue weighted by Gasteiger charge is 2.63. The van der Waals surface area contributed by atoms with Crippen LogP contribution in [0, 0.1) is 16.7 Å². The Bertz CT molecular complexity index is 338. The van der Waals surface area contributed by atoms with Crippen LogP contribution in [0.4, 0.5) is 0 Å². The molecule has 2 aliphatic rings. The number of esters is 1. The Morgan fingerprint density at radius 1 is 1.44 bits per heavy atom. The zero-order valence-electron chi connectivity index (χ0n) is 11.9. The standard InChI is InChI=1S/C14H25NO3/c1-13(2)9-5-6-14(13,3)11(7-9)18-12(16)10(8-15)17-4/h9-11H,5-8,15H2,1-4H3. The van der Waals surface area contributed by atoms with Gasteiger partial charge in [-0.1, -0.05) is 20.8 Å². The van der Waals surface area contributed by atoms with Crippen LogP contribution in [0.2, 0.25) is 0 Å². The first kappa shape index (κ1) is 13.8. The van der Waals surface area contributed by atoms with Crippen LogP contribution in [0.1, 0.15) is 40.0 Å². The molecule has 0 saturated heterocycles. The molecule has 2 fully saturated rings. The van der Waals surface area contributed by atoms with Crippen LogP contribution in [0.3, 0.4) is 0 Å². The fourth-order valence-electron chi connectivity index (χ4n) is 3.81. The van der Waals surface area contributed by atoms with Gasteiger partial charge in [0, 0.05) is 19.1 Å². The van der Waals surface area contributed by atoms with Crippen molar-refractivity contribution in [2.75, 3.05) is 13.7 Å². The number of carbonyl (C=O) groups excluding carboxylic acids is 1. The summed E-state index contributed by atoms with van der Waals surface area (Å²) in [6.07, 6.45) is 2.76. The molecule has 0 radical (unpaired) electrons. The van der Waals surface area contributed by atoms with Crippen molar-refractivity contribution in [1.82, 2.24) is 0 Å². The molecule has 4 unspecified atom stereocenters. The number of hydrogen-bond donors (Lipinski definition) is 1. The van der Waals surface area contributed by atoms with Gasteiger partial charge in [-0.3, -0.25) is 0 Å². The summed E-state index contributed by atoms with van der Waals surface area (Å²) in [4.78, 5) is 12.0. The highest BCUT2D eigenvalue weighted by molar-refractivity contribution is 5.75. The third kappa shape index (κ3) is 1.77. The van der Waals surface area contributed by atoms with Gasteiger partial charge in [-0.15, -0.1) is 0 Å². The van der Waals surface area contributed by atoms with Crippen LogP contribution in [-0.4, -0.2) is 31.8 Å². The van der Waals surface area contributed by atoms with Crippen LogP contribution >= 0.6 is 0 Å². The molecular weight excluding hydrogens is 230 g/mol. The van der Waals surface area contributed by atoms with Gasteiger partial charge in [-0.2, -0.15) is 0 Å². The molecule has 18 heavy (non-hydrogen) atoms. The van der Waals surface area contributed by atoms with Crippen molar-refractivity contribution in [1.29, 1.82) is 0 Å². The monoisotopic (exact) mass is 255 g/mol. The van der Waals surface area contributed by atoms with E-state index < -0.39 is 6.10 Å². The normalized spacial score (nSPS) is 38.7. The van der Waals surface area contributed by atoms with Gasteiger partial charge in [0.05, 0.1) is 0 Å². The van der Waals surface area contributed by atoms with E-state index in [1.54, 1.807) is 0 Å². The van der Waals surface area contributed by atoms with Crippen molar-refractivity contribution >= 4 is 5.97 Å². The average molecular weight is 255 g/mol. The lowest BCUT2D eigenvalue weighted by molar-refractivity contribution is -0.167. The van der Waals surface area contributed by atoms with E-state index in [0.29, 0.717) is 5.92 Å². The molecule has 2 aliphatic carbocycles. The molecule has 2 bridgehead atoms. The summed E-state index contributed by atoms with van der Waals surface area (Å²) in [7, 11) is 1.49. The summed E-state index contributed by atoms with van der Waals surface area (Å²) in [6, 6.07) is 0. The van der Waals surface area contributed by atoms with Gasteiger partial charge >= 0.3 is 5.97 Å². The maximum atomic E-state index is 12.0. The number of methoxy groups -OCH3 is 1. The van der Waals surface area contributed by atoms with Crippen molar-refractivity contribution in [3.8, 4) is 0 Å². The van der Waals surface area contributed by atoms with Gasteiger partial charge in [0.1, 0.15) is 6.10 Å². The molecule has 0 amide bonds. The van der Waals surface area contributed by atoms with E-state index >= 15 is 0 Å². The second-order valence-corrected chi connectivity index (χ2v) is 6.50. The second-order valence-electron chi connectivity index (χ2n) is 6.50. The molecule has 4 atom stereocenters. The van der Waals surface area contributed by atoms with E-state index in [9.17, 15) is 4.79 Å². The summed E-state index contributed by atoms with van der Waals surface area (Å²) in [5, 5.41) is 0. The van der Waals surface area contributed by atoms with Gasteiger partial charge in [0.2, 0.25) is 0 Å². The predicted molar refractivity (Wildman–Crippen MR) is 69.0 cm³/mol. The first-order chi connectivity index (χ1) is 8.36. The number of carbonyl (C=O) groups is 1. The highest BCUT2D eigenvalue weighted by Crippen LogP contribution is 2.66. The predicted octanol–water partition coefficient (Wildman–Crippen LogP) is 1.72. The Hall–Kier alpha value is -0.610. The van der Waals surface area contributed by atoms with Crippen LogP contribution in [-0.2, 0) is 14.3 Å². The molecule has 0 aromatic carbocycles. The van der Waals surface area contributed by atoms with Crippen LogP contribution < -0.4 is 5.73 Å². The van der Waals surface area contributed by atoms with Gasteiger partial charge in [0.15, 0.2) is 6.10 Å². The molecule has 0 heterocycles. The molecule has 2 rings (SSSR count). The topological polar surface area (TPSA) is 61.5 Å². The molecule has 2 N–H and O–H groups in total. The van der Waals surface area contributed by atoms with Crippen molar-refractivity contribution in [3.05, 3.63) is 0 Å². The van der Waals surface area contributed by atoms with Crippen molar-refractivity contribution < 1.29 is 14.3 Å². The summed E-state index contributed by atoms with van der Waals surface area (Å²) in [6.45, 7) is 7.03. The molecule has 0 aromatic heterocycles. The maximum absolute atomic E-state index is 12.0. The minimum atomic E-state index is -0.629. The first-order valence-corrected chi connectivity index (χ1v) is 6.80. The molecule has 4 heteroatoms. The number of rotatable bonds is 4. The zero-order chi connectivity index (χ0) is 13.6. The Morgan fingerprint density at radius 2 is 2.11 bits per heavy atom. The third-order valence-corrected chi connectivity index (χ3v) is 5.73. The quantitative estimate of drug-likeness (QED) is 0.777. The molecule has 104 valence electrons. The lowest BCUT2D eigenvalue weighted by Gasteiger charge is -2.38. The largest absolute Gasteiger partial charge is 0.460 e. The van der Waals surface area contributed by atoms with E-state index in [1.807, 2.05) is 0 Å². The van der Waals surface area contributed by atoms with Crippen LogP contribution in [0.15, 0.2) is 0 Å². The van der Waals surface area contributed by atoms with Gasteiger partial charge in [0.25, 0.3) is 0 Å². The fraction of sp³-hybridized carbons (Fsp3) is 0.929. The SMILES string of the molecule is COC(CN)C(=O)OC1CC2CCC1(C)C2(C)C. The van der Waals surface area contributed by atoms with E-state index in [4.69, 9.17) is 15.2 Å². The summed E-state index contributed by atoms with van der Waals surface area (Å²) in [5.41, 5.74) is 5.85. The summed E-state index contributed by atoms with van der Waals surface area (Å²) >= 11 is 0. The van der Waals surface area contributed by atoms with E-state index in [0.717, 1.165) is 12.8 Å². The molecular formula is C14H25NO3. The van der Waals surface area contributed by atoms with Crippen molar-refractivity contribution in [3.63, 3.8) is 0 Å². The molecule has 0 spiro atoms. The van der Waals surface area contributed by atoms with E-state index in [1.165, 1.54) is 13.5 Å². The lowest BCUT2D eigenvalue weighted by atomic mass is 9.70. The van der Waals surface area contributed by atoms with Crippen LogP contribution in [0.25, 0.3) is 0 Å². The van der Waals surface area contributed by atoms with E-state index in [2.05, 4.69) is 20.8 Å². The first-order valence-electron chi connectivity index (χ1n) is 6.80. The minimum absolute atomic E-state index is 0.0166. The Morgan fingerprint density at radius 3 is 2.50 bits per heavy atom. The molecule has 0 aromatic rings. The van der Waals surface area contributed by atoms with Crippen molar-refractivity contribution in [2.24, 2.45) is 22.5 Å². The third-order valence-electron chi connectivity index (χ3n) is 5.73. The average Bonchev–Trinajstić information content (AvgIpc) is 2.63. The van der Waals surface area contributed by atoms with E-state index in [-0.39, 0.29) is 29.4 Å². The maximum Gasteiger partial charge on any atom is 0.336 e. The zero-order valence-corrected chi connectivity index (χ0v) is 11.9. The van der Waals surface area contributed by atoms with Gasteiger partial charge < -0.3 is 15.2 Å².